The number of hydrogen-bond acceptors (Lipinski definition) is 3. The van der Waals surface area contributed by atoms with Crippen LogP contribution < -0.4 is 8.92 Å². The van der Waals surface area contributed by atoms with Gasteiger partial charge in [-0.25, -0.2) is 0 Å². The molecule has 2 nitrogen and oxygen atoms in total. The summed E-state index contributed by atoms with van der Waals surface area (Å²) in [4.78, 5) is 1.68. The molecule has 1 aliphatic heterocycles. The molecule has 1 aliphatic rings. The minimum absolute atomic E-state index is 0.488. The van der Waals surface area contributed by atoms with Crippen LogP contribution in [0.25, 0.3) is 0 Å². The zero-order valence-electron chi connectivity index (χ0n) is 8.25. The SMILES string of the molecule is O=[Se]1(=O)c2ccccc2Sc2ccccc21. The summed E-state index contributed by atoms with van der Waals surface area (Å²) in [5.74, 6) is 0. The van der Waals surface area contributed by atoms with Crippen LogP contribution in [0.2, 0.25) is 0 Å². The third kappa shape index (κ3) is 1.34. The van der Waals surface area contributed by atoms with Gasteiger partial charge < -0.3 is 0 Å². The monoisotopic (exact) mass is 296 g/mol. The molecule has 0 radical (unpaired) electrons. The van der Waals surface area contributed by atoms with Gasteiger partial charge in [0.2, 0.25) is 0 Å². The average molecular weight is 295 g/mol. The molecule has 16 heavy (non-hydrogen) atoms. The van der Waals surface area contributed by atoms with E-state index in [0.717, 1.165) is 9.79 Å². The fraction of sp³-hybridized carbons (Fsp3) is 0. The molecule has 0 fully saturated rings. The van der Waals surface area contributed by atoms with Crippen LogP contribution >= 0.6 is 11.8 Å². The van der Waals surface area contributed by atoms with Crippen LogP contribution in [0.4, 0.5) is 0 Å². The van der Waals surface area contributed by atoms with Gasteiger partial charge in [0.25, 0.3) is 0 Å². The molecule has 80 valence electrons. The van der Waals surface area contributed by atoms with Gasteiger partial charge in [-0.2, -0.15) is 0 Å². The molecule has 3 rings (SSSR count). The molecule has 0 N–H and O–H groups in total. The van der Waals surface area contributed by atoms with Crippen molar-refractivity contribution in [1.82, 2.24) is 0 Å². The first-order chi connectivity index (χ1) is 7.69. The van der Waals surface area contributed by atoms with Gasteiger partial charge in [0.1, 0.15) is 0 Å². The normalized spacial score (nSPS) is 16.2. The third-order valence-corrected chi connectivity index (χ3v) is 8.16. The van der Waals surface area contributed by atoms with Crippen LogP contribution in [0.1, 0.15) is 0 Å². The van der Waals surface area contributed by atoms with Crippen LogP contribution in [0.3, 0.4) is 0 Å². The van der Waals surface area contributed by atoms with Crippen molar-refractivity contribution in [3.63, 3.8) is 0 Å². The number of fused-ring (bicyclic) bond motifs is 2. The quantitative estimate of drug-likeness (QED) is 0.590. The van der Waals surface area contributed by atoms with Crippen molar-refractivity contribution in [3.05, 3.63) is 48.5 Å². The number of benzene rings is 2. The predicted molar refractivity (Wildman–Crippen MR) is 63.4 cm³/mol. The van der Waals surface area contributed by atoms with Crippen molar-refractivity contribution >= 4 is 33.4 Å². The first kappa shape index (κ1) is 10.1. The van der Waals surface area contributed by atoms with Crippen molar-refractivity contribution in [1.29, 1.82) is 0 Å². The van der Waals surface area contributed by atoms with Crippen LogP contribution in [-0.2, 0) is 7.67 Å². The van der Waals surface area contributed by atoms with E-state index in [1.165, 1.54) is 11.8 Å². The maximum absolute atomic E-state index is 12.4. The van der Waals surface area contributed by atoms with Crippen LogP contribution in [0.5, 0.6) is 0 Å². The summed E-state index contributed by atoms with van der Waals surface area (Å²) in [6, 6.07) is 14.4. The van der Waals surface area contributed by atoms with Crippen molar-refractivity contribution in [2.24, 2.45) is 0 Å². The number of rotatable bonds is 0. The second-order valence-electron chi connectivity index (χ2n) is 3.50. The van der Waals surface area contributed by atoms with Gasteiger partial charge in [-0.3, -0.25) is 0 Å². The van der Waals surface area contributed by atoms with E-state index >= 15 is 0 Å². The molecule has 2 aromatic carbocycles. The molecule has 0 aromatic heterocycles. The summed E-state index contributed by atoms with van der Waals surface area (Å²) in [7, 11) is 0. The second-order valence-corrected chi connectivity index (χ2v) is 8.54. The van der Waals surface area contributed by atoms with Gasteiger partial charge in [-0.1, -0.05) is 0 Å². The Morgan fingerprint density at radius 2 is 1.19 bits per heavy atom. The summed E-state index contributed by atoms with van der Waals surface area (Å²) < 4.78 is 25.7. The first-order valence-electron chi connectivity index (χ1n) is 4.80. The molecule has 2 aromatic rings. The Bertz CT molecular complexity index is 611. The van der Waals surface area contributed by atoms with Gasteiger partial charge in [-0.15, -0.1) is 0 Å². The van der Waals surface area contributed by atoms with Crippen molar-refractivity contribution in [3.8, 4) is 0 Å². The molecule has 0 atom stereocenters. The van der Waals surface area contributed by atoms with Gasteiger partial charge in [0, 0.05) is 0 Å². The zero-order chi connectivity index (χ0) is 11.2. The topological polar surface area (TPSA) is 34.1 Å². The van der Waals surface area contributed by atoms with Crippen LogP contribution in [-0.4, -0.2) is 12.7 Å². The van der Waals surface area contributed by atoms with E-state index < -0.39 is 12.7 Å². The van der Waals surface area contributed by atoms with E-state index in [1.54, 1.807) is 24.3 Å². The molecule has 0 saturated heterocycles. The Morgan fingerprint density at radius 3 is 1.69 bits per heavy atom. The zero-order valence-corrected chi connectivity index (χ0v) is 10.8. The summed E-state index contributed by atoms with van der Waals surface area (Å²) in [5.41, 5.74) is 0. The summed E-state index contributed by atoms with van der Waals surface area (Å²) in [5, 5.41) is 0. The van der Waals surface area contributed by atoms with Crippen LogP contribution in [0, 0.1) is 0 Å². The first-order valence-corrected chi connectivity index (χ1v) is 8.73. The third-order valence-electron chi connectivity index (χ3n) is 2.50. The molecule has 0 aliphatic carbocycles. The molecular formula is C12H8O2SSe. The Kier molecular flexibility index (Phi) is 2.18. The van der Waals surface area contributed by atoms with E-state index in [0.29, 0.717) is 8.92 Å². The molecule has 0 saturated carbocycles. The Labute approximate surface area is 99.3 Å². The summed E-state index contributed by atoms with van der Waals surface area (Å²) >= 11 is -2.63. The average Bonchev–Trinajstić information content (AvgIpc) is 2.29. The maximum atomic E-state index is 12.4. The van der Waals surface area contributed by atoms with Crippen molar-refractivity contribution in [2.45, 2.75) is 9.79 Å². The van der Waals surface area contributed by atoms with Gasteiger partial charge in [0.15, 0.2) is 0 Å². The minimum atomic E-state index is -4.15. The van der Waals surface area contributed by atoms with Gasteiger partial charge in [-0.05, 0) is 0 Å². The molecular weight excluding hydrogens is 287 g/mol. The van der Waals surface area contributed by atoms with E-state index in [9.17, 15) is 7.67 Å². The standard InChI is InChI=1S/C12H8O2SSe/c13-16(14)11-7-3-1-5-9(11)15-10-6-2-4-8-12(10)16/h1-8H. The molecule has 0 amide bonds. The fourth-order valence-electron chi connectivity index (χ4n) is 1.75. The van der Waals surface area contributed by atoms with Gasteiger partial charge >= 0.3 is 99.4 Å². The van der Waals surface area contributed by atoms with E-state index in [4.69, 9.17) is 0 Å². The Morgan fingerprint density at radius 1 is 0.750 bits per heavy atom. The van der Waals surface area contributed by atoms with Crippen molar-refractivity contribution in [2.75, 3.05) is 0 Å². The predicted octanol–water partition coefficient (Wildman–Crippen LogP) is 1.57. The van der Waals surface area contributed by atoms with Gasteiger partial charge in [0.05, 0.1) is 0 Å². The van der Waals surface area contributed by atoms with E-state index in [1.807, 2.05) is 24.3 Å². The summed E-state index contributed by atoms with van der Waals surface area (Å²) in [6.07, 6.45) is 0. The van der Waals surface area contributed by atoms with Crippen molar-refractivity contribution < 1.29 is 7.67 Å². The fourth-order valence-corrected chi connectivity index (χ4v) is 7.26. The Balaban J connectivity index is 2.37. The summed E-state index contributed by atoms with van der Waals surface area (Å²) in [6.45, 7) is 0. The van der Waals surface area contributed by atoms with E-state index in [-0.39, 0.29) is 0 Å². The van der Waals surface area contributed by atoms with E-state index in [2.05, 4.69) is 0 Å². The molecule has 4 heteroatoms. The van der Waals surface area contributed by atoms with Crippen LogP contribution in [0.15, 0.2) is 58.3 Å². The number of hydrogen-bond donors (Lipinski definition) is 0. The second kappa shape index (κ2) is 3.45. The molecule has 0 bridgehead atoms. The molecule has 0 spiro atoms. The molecule has 0 unspecified atom stereocenters. The Hall–Kier alpha value is -1.09. The molecule has 1 heterocycles.